The quantitative estimate of drug-likeness (QED) is 0.865. The summed E-state index contributed by atoms with van der Waals surface area (Å²) in [6.45, 7) is 0.921. The lowest BCUT2D eigenvalue weighted by Gasteiger charge is -2.41. The molecule has 2 nitrogen and oxygen atoms in total. The van der Waals surface area contributed by atoms with Crippen molar-refractivity contribution in [1.29, 1.82) is 0 Å². The molecule has 1 aromatic rings. The Morgan fingerprint density at radius 3 is 2.72 bits per heavy atom. The largest absolute Gasteiger partial charge is 0.382 e. The van der Waals surface area contributed by atoms with E-state index in [0.717, 1.165) is 12.3 Å². The number of nitrogens with one attached hydrogen (secondary N) is 1. The molecule has 0 amide bonds. The highest BCUT2D eigenvalue weighted by molar-refractivity contribution is 5.44. The molecule has 0 radical (unpaired) electrons. The van der Waals surface area contributed by atoms with E-state index in [-0.39, 0.29) is 5.82 Å². The maximum atomic E-state index is 12.9. The van der Waals surface area contributed by atoms with Gasteiger partial charge in [-0.05, 0) is 56.4 Å². The first kappa shape index (κ1) is 12.0. The third-order valence-electron chi connectivity index (χ3n) is 4.21. The normalized spacial score (nSPS) is 31.7. The minimum absolute atomic E-state index is 0.178. The fourth-order valence-electron chi connectivity index (χ4n) is 3.31. The Bertz CT molecular complexity index is 390. The smallest absolute Gasteiger partial charge is 0.123 e. The van der Waals surface area contributed by atoms with E-state index < -0.39 is 0 Å². The maximum absolute atomic E-state index is 12.9. The molecule has 3 atom stereocenters. The molecule has 18 heavy (non-hydrogen) atoms. The van der Waals surface area contributed by atoms with Crippen molar-refractivity contribution >= 4 is 5.69 Å². The van der Waals surface area contributed by atoms with E-state index >= 15 is 0 Å². The molecule has 1 aliphatic carbocycles. The fraction of sp³-hybridized carbons (Fsp3) is 0.600. The molecule has 1 saturated carbocycles. The number of benzene rings is 1. The lowest BCUT2D eigenvalue weighted by atomic mass is 9.78. The average Bonchev–Trinajstić information content (AvgIpc) is 2.42. The van der Waals surface area contributed by atoms with Crippen LogP contribution in [0.2, 0.25) is 0 Å². The molecule has 1 heterocycles. The van der Waals surface area contributed by atoms with Gasteiger partial charge in [0.25, 0.3) is 0 Å². The van der Waals surface area contributed by atoms with Gasteiger partial charge in [0.1, 0.15) is 5.82 Å². The van der Waals surface area contributed by atoms with Crippen LogP contribution in [-0.2, 0) is 4.74 Å². The van der Waals surface area contributed by atoms with Crippen molar-refractivity contribution in [1.82, 2.24) is 0 Å². The number of hydrogen-bond acceptors (Lipinski definition) is 2. The van der Waals surface area contributed by atoms with Crippen molar-refractivity contribution in [3.8, 4) is 0 Å². The van der Waals surface area contributed by atoms with Crippen LogP contribution in [0, 0.1) is 11.7 Å². The molecule has 0 spiro atoms. The Morgan fingerprint density at radius 1 is 1.06 bits per heavy atom. The summed E-state index contributed by atoms with van der Waals surface area (Å²) in [7, 11) is 0. The highest BCUT2D eigenvalue weighted by atomic mass is 19.1. The van der Waals surface area contributed by atoms with Crippen LogP contribution >= 0.6 is 0 Å². The molecule has 0 bridgehead atoms. The Labute approximate surface area is 108 Å². The van der Waals surface area contributed by atoms with E-state index in [1.165, 1.54) is 44.2 Å². The maximum Gasteiger partial charge on any atom is 0.123 e. The van der Waals surface area contributed by atoms with Crippen molar-refractivity contribution in [2.24, 2.45) is 5.92 Å². The fourth-order valence-corrected chi connectivity index (χ4v) is 3.31. The van der Waals surface area contributed by atoms with Gasteiger partial charge < -0.3 is 10.1 Å². The van der Waals surface area contributed by atoms with E-state index in [0.29, 0.717) is 18.1 Å². The summed E-state index contributed by atoms with van der Waals surface area (Å²) in [5, 5.41) is 3.56. The molecule has 1 N–H and O–H groups in total. The average molecular weight is 249 g/mol. The van der Waals surface area contributed by atoms with Crippen molar-refractivity contribution in [2.45, 2.75) is 44.2 Å². The molecule has 1 saturated heterocycles. The van der Waals surface area contributed by atoms with Crippen LogP contribution in [0.1, 0.15) is 32.1 Å². The second-order valence-corrected chi connectivity index (χ2v) is 5.40. The monoisotopic (exact) mass is 249 g/mol. The lowest BCUT2D eigenvalue weighted by molar-refractivity contribution is -0.0511. The second kappa shape index (κ2) is 5.27. The minimum atomic E-state index is -0.178. The molecule has 0 aromatic heterocycles. The van der Waals surface area contributed by atoms with E-state index in [4.69, 9.17) is 4.74 Å². The van der Waals surface area contributed by atoms with E-state index in [1.807, 2.05) is 12.1 Å². The number of halogens is 1. The predicted octanol–water partition coefficient (Wildman–Crippen LogP) is 3.59. The van der Waals surface area contributed by atoms with Gasteiger partial charge in [-0.15, -0.1) is 0 Å². The van der Waals surface area contributed by atoms with Gasteiger partial charge in [-0.3, -0.25) is 0 Å². The molecule has 2 fully saturated rings. The predicted molar refractivity (Wildman–Crippen MR) is 70.1 cm³/mol. The zero-order valence-corrected chi connectivity index (χ0v) is 10.6. The lowest BCUT2D eigenvalue weighted by Crippen LogP contribution is -2.44. The summed E-state index contributed by atoms with van der Waals surface area (Å²) in [6.07, 6.45) is 6.48. The van der Waals surface area contributed by atoms with Crippen LogP contribution in [0.3, 0.4) is 0 Å². The SMILES string of the molecule is Fc1ccc(NC2CCCC3OCCCC23)cc1. The van der Waals surface area contributed by atoms with Crippen molar-refractivity contribution in [3.63, 3.8) is 0 Å². The highest BCUT2D eigenvalue weighted by Gasteiger charge is 2.35. The standard InChI is InChI=1S/C15H20FNO/c16-11-6-8-12(9-7-11)17-14-4-1-5-15-13(14)3-2-10-18-15/h6-9,13-15,17H,1-5,10H2. The molecule has 3 rings (SSSR count). The van der Waals surface area contributed by atoms with Crippen LogP contribution in [-0.4, -0.2) is 18.8 Å². The first-order valence-corrected chi connectivity index (χ1v) is 6.96. The van der Waals surface area contributed by atoms with Gasteiger partial charge >= 0.3 is 0 Å². The first-order chi connectivity index (χ1) is 8.83. The molecular formula is C15H20FNO. The Morgan fingerprint density at radius 2 is 1.89 bits per heavy atom. The van der Waals surface area contributed by atoms with Gasteiger partial charge in [0, 0.05) is 24.3 Å². The summed E-state index contributed by atoms with van der Waals surface area (Å²) in [5.74, 6) is 0.445. The van der Waals surface area contributed by atoms with Gasteiger partial charge in [0.15, 0.2) is 0 Å². The van der Waals surface area contributed by atoms with Gasteiger partial charge in [-0.25, -0.2) is 4.39 Å². The molecule has 3 heteroatoms. The summed E-state index contributed by atoms with van der Waals surface area (Å²) >= 11 is 0. The molecule has 1 aliphatic heterocycles. The number of ether oxygens (including phenoxy) is 1. The van der Waals surface area contributed by atoms with E-state index in [2.05, 4.69) is 5.32 Å². The van der Waals surface area contributed by atoms with Crippen molar-refractivity contribution in [3.05, 3.63) is 30.1 Å². The van der Waals surface area contributed by atoms with Crippen LogP contribution in [0.25, 0.3) is 0 Å². The molecule has 98 valence electrons. The Balaban J connectivity index is 1.69. The first-order valence-electron chi connectivity index (χ1n) is 6.96. The minimum Gasteiger partial charge on any atom is -0.382 e. The zero-order chi connectivity index (χ0) is 12.4. The Hall–Kier alpha value is -1.09. The van der Waals surface area contributed by atoms with Gasteiger partial charge in [0.05, 0.1) is 6.10 Å². The van der Waals surface area contributed by atoms with Gasteiger partial charge in [-0.2, -0.15) is 0 Å². The van der Waals surface area contributed by atoms with Gasteiger partial charge in [-0.1, -0.05) is 0 Å². The van der Waals surface area contributed by atoms with Crippen LogP contribution in [0.5, 0.6) is 0 Å². The summed E-state index contributed by atoms with van der Waals surface area (Å²) in [4.78, 5) is 0. The molecular weight excluding hydrogens is 229 g/mol. The number of anilines is 1. The zero-order valence-electron chi connectivity index (χ0n) is 10.6. The third-order valence-corrected chi connectivity index (χ3v) is 4.21. The molecule has 3 unspecified atom stereocenters. The number of hydrogen-bond donors (Lipinski definition) is 1. The molecule has 2 aliphatic rings. The van der Waals surface area contributed by atoms with Crippen LogP contribution < -0.4 is 5.32 Å². The highest BCUT2D eigenvalue weighted by Crippen LogP contribution is 2.35. The third kappa shape index (κ3) is 2.51. The number of rotatable bonds is 2. The van der Waals surface area contributed by atoms with Crippen LogP contribution in [0.15, 0.2) is 24.3 Å². The Kier molecular flexibility index (Phi) is 3.50. The van der Waals surface area contributed by atoms with Crippen molar-refractivity contribution in [2.75, 3.05) is 11.9 Å². The molecule has 1 aromatic carbocycles. The topological polar surface area (TPSA) is 21.3 Å². The second-order valence-electron chi connectivity index (χ2n) is 5.40. The summed E-state index contributed by atoms with van der Waals surface area (Å²) < 4.78 is 18.8. The summed E-state index contributed by atoms with van der Waals surface area (Å²) in [5.41, 5.74) is 1.02. The number of fused-ring (bicyclic) bond motifs is 1. The van der Waals surface area contributed by atoms with E-state index in [1.54, 1.807) is 0 Å². The van der Waals surface area contributed by atoms with Crippen LogP contribution in [0.4, 0.5) is 10.1 Å². The van der Waals surface area contributed by atoms with Gasteiger partial charge in [0.2, 0.25) is 0 Å². The van der Waals surface area contributed by atoms with Crippen molar-refractivity contribution < 1.29 is 9.13 Å². The summed E-state index contributed by atoms with van der Waals surface area (Å²) in [6, 6.07) is 7.15. The van der Waals surface area contributed by atoms with E-state index in [9.17, 15) is 4.39 Å².